The van der Waals surface area contributed by atoms with E-state index in [2.05, 4.69) is 20.9 Å². The largest absolute Gasteiger partial charge is 0.460 e. The van der Waals surface area contributed by atoms with Crippen LogP contribution in [0.5, 0.6) is 0 Å². The quantitative estimate of drug-likeness (QED) is 0.761. The molecule has 0 fully saturated rings. The molecule has 0 bridgehead atoms. The smallest absolute Gasteiger partial charge is 0.324 e. The molecule has 19 heavy (non-hydrogen) atoms. The lowest BCUT2D eigenvalue weighted by atomic mass is 10.3. The van der Waals surface area contributed by atoms with Crippen molar-refractivity contribution < 1.29 is 17.9 Å². The van der Waals surface area contributed by atoms with Gasteiger partial charge in [0.15, 0.2) is 15.1 Å². The second-order valence-corrected chi connectivity index (χ2v) is 8.14. The van der Waals surface area contributed by atoms with E-state index in [4.69, 9.17) is 4.74 Å². The number of aromatic nitrogens is 1. The first-order valence-corrected chi connectivity index (χ1v) is 8.14. The van der Waals surface area contributed by atoms with Crippen LogP contribution < -0.4 is 0 Å². The Bertz CT molecular complexity index is 557. The number of pyridine rings is 1. The number of ether oxygens (including phenoxy) is 1. The highest BCUT2D eigenvalue weighted by Crippen LogP contribution is 2.13. The molecule has 1 unspecified atom stereocenters. The van der Waals surface area contributed by atoms with E-state index in [0.717, 1.165) is 4.47 Å². The number of hydrogen-bond donors (Lipinski definition) is 0. The van der Waals surface area contributed by atoms with Crippen molar-refractivity contribution in [3.8, 4) is 0 Å². The van der Waals surface area contributed by atoms with Crippen molar-refractivity contribution in [1.82, 2.24) is 4.98 Å². The zero-order valence-corrected chi connectivity index (χ0v) is 13.4. The maximum atomic E-state index is 11.8. The summed E-state index contributed by atoms with van der Waals surface area (Å²) < 4.78 is 29.4. The van der Waals surface area contributed by atoms with Gasteiger partial charge in [-0.25, -0.2) is 8.42 Å². The van der Waals surface area contributed by atoms with Crippen LogP contribution in [0.25, 0.3) is 0 Å². The van der Waals surface area contributed by atoms with E-state index in [1.54, 1.807) is 18.5 Å². The van der Waals surface area contributed by atoms with E-state index in [0.29, 0.717) is 5.56 Å². The molecule has 1 aromatic heterocycles. The summed E-state index contributed by atoms with van der Waals surface area (Å²) in [5.41, 5.74) is 0.692. The summed E-state index contributed by atoms with van der Waals surface area (Å²) in [6, 6.07) is 1.75. The lowest BCUT2D eigenvalue weighted by Crippen LogP contribution is -2.34. The Morgan fingerprint density at radius 3 is 2.53 bits per heavy atom. The summed E-state index contributed by atoms with van der Waals surface area (Å²) >= 11 is 3.25. The Morgan fingerprint density at radius 1 is 1.37 bits per heavy atom. The van der Waals surface area contributed by atoms with Crippen LogP contribution in [0, 0.1) is 0 Å². The van der Waals surface area contributed by atoms with E-state index in [-0.39, 0.29) is 6.61 Å². The highest BCUT2D eigenvalue weighted by molar-refractivity contribution is 9.10. The number of rotatable bonds is 5. The minimum absolute atomic E-state index is 0.00320. The van der Waals surface area contributed by atoms with Crippen molar-refractivity contribution in [2.75, 3.05) is 0 Å². The van der Waals surface area contributed by atoms with Gasteiger partial charge in [0.2, 0.25) is 0 Å². The highest BCUT2D eigenvalue weighted by atomic mass is 79.9. The number of hydrogen-bond acceptors (Lipinski definition) is 5. The summed E-state index contributed by atoms with van der Waals surface area (Å²) in [4.78, 5) is 15.6. The highest BCUT2D eigenvalue weighted by Gasteiger charge is 2.31. The van der Waals surface area contributed by atoms with Crippen LogP contribution in [-0.2, 0) is 26.0 Å². The van der Waals surface area contributed by atoms with E-state index in [1.807, 2.05) is 0 Å². The van der Waals surface area contributed by atoms with Gasteiger partial charge < -0.3 is 4.74 Å². The Morgan fingerprint density at radius 2 is 2.00 bits per heavy atom. The van der Waals surface area contributed by atoms with Crippen molar-refractivity contribution in [3.05, 3.63) is 28.5 Å². The lowest BCUT2D eigenvalue weighted by Gasteiger charge is -2.14. The third kappa shape index (κ3) is 4.28. The molecule has 0 amide bonds. The molecule has 7 heteroatoms. The van der Waals surface area contributed by atoms with Gasteiger partial charge in [-0.3, -0.25) is 9.78 Å². The first kappa shape index (κ1) is 16.1. The van der Waals surface area contributed by atoms with Gasteiger partial charge in [0.25, 0.3) is 0 Å². The van der Waals surface area contributed by atoms with Crippen LogP contribution in [0.3, 0.4) is 0 Å². The molecule has 0 N–H and O–H groups in total. The van der Waals surface area contributed by atoms with Gasteiger partial charge in [-0.2, -0.15) is 0 Å². The fourth-order valence-corrected chi connectivity index (χ4v) is 2.91. The third-order valence-electron chi connectivity index (χ3n) is 2.62. The topological polar surface area (TPSA) is 73.3 Å². The fraction of sp³-hybridized carbons (Fsp3) is 0.500. The van der Waals surface area contributed by atoms with E-state index < -0.39 is 26.3 Å². The van der Waals surface area contributed by atoms with E-state index in [1.165, 1.54) is 20.8 Å². The maximum Gasteiger partial charge on any atom is 0.324 e. The van der Waals surface area contributed by atoms with Crippen molar-refractivity contribution >= 4 is 31.7 Å². The van der Waals surface area contributed by atoms with Gasteiger partial charge >= 0.3 is 5.97 Å². The molecule has 0 saturated carbocycles. The predicted molar refractivity (Wildman–Crippen MR) is 75.3 cm³/mol. The lowest BCUT2D eigenvalue weighted by molar-refractivity contribution is -0.144. The molecule has 0 aliphatic carbocycles. The summed E-state index contributed by atoms with van der Waals surface area (Å²) in [6.07, 6.45) is 3.16. The molecule has 106 valence electrons. The molecule has 1 aromatic rings. The Labute approximate surface area is 121 Å². The molecule has 0 saturated heterocycles. The van der Waals surface area contributed by atoms with Gasteiger partial charge in [-0.1, -0.05) is 0 Å². The average molecular weight is 350 g/mol. The number of esters is 1. The molecule has 1 heterocycles. The van der Waals surface area contributed by atoms with Crippen LogP contribution in [0.4, 0.5) is 0 Å². The first-order valence-electron chi connectivity index (χ1n) is 5.74. The second-order valence-electron chi connectivity index (χ2n) is 4.40. The summed E-state index contributed by atoms with van der Waals surface area (Å²) in [6.45, 7) is 4.43. The average Bonchev–Trinajstić information content (AvgIpc) is 2.34. The number of halogens is 1. The molecule has 0 aliphatic rings. The minimum atomic E-state index is -3.49. The van der Waals surface area contributed by atoms with Gasteiger partial charge in [-0.15, -0.1) is 0 Å². The van der Waals surface area contributed by atoms with Crippen LogP contribution in [0.15, 0.2) is 22.9 Å². The fourth-order valence-electron chi connectivity index (χ4n) is 1.35. The Kier molecular flexibility index (Phi) is 5.49. The zero-order valence-electron chi connectivity index (χ0n) is 11.0. The molecule has 5 nitrogen and oxygen atoms in total. The molecular weight excluding hydrogens is 334 g/mol. The first-order chi connectivity index (χ1) is 8.75. The van der Waals surface area contributed by atoms with Gasteiger partial charge in [0, 0.05) is 22.4 Å². The van der Waals surface area contributed by atoms with Gasteiger partial charge in [-0.05, 0) is 42.8 Å². The molecule has 0 radical (unpaired) electrons. The second kappa shape index (κ2) is 6.47. The molecule has 0 aliphatic heterocycles. The van der Waals surface area contributed by atoms with Crippen LogP contribution in [0.2, 0.25) is 0 Å². The van der Waals surface area contributed by atoms with Crippen molar-refractivity contribution in [3.63, 3.8) is 0 Å². The Hall–Kier alpha value is -0.950. The summed E-state index contributed by atoms with van der Waals surface area (Å²) in [5, 5.41) is -1.77. The standard InChI is InChI=1S/C12H16BrNO4S/c1-8(2)19(16,17)9(3)12(15)18-7-10-4-11(13)6-14-5-10/h4-6,8-9H,7H2,1-3H3. The van der Waals surface area contributed by atoms with Gasteiger partial charge in [0.1, 0.15) is 6.61 Å². The number of carbonyl (C=O) groups excluding carboxylic acids is 1. The minimum Gasteiger partial charge on any atom is -0.460 e. The number of nitrogens with zero attached hydrogens (tertiary/aromatic N) is 1. The third-order valence-corrected chi connectivity index (χ3v) is 5.55. The summed E-state index contributed by atoms with van der Waals surface area (Å²) in [7, 11) is -3.49. The van der Waals surface area contributed by atoms with Crippen LogP contribution in [-0.4, -0.2) is 29.9 Å². The normalized spacial score (nSPS) is 13.3. The molecule has 1 rings (SSSR count). The summed E-state index contributed by atoms with van der Waals surface area (Å²) in [5.74, 6) is -0.742. The zero-order chi connectivity index (χ0) is 14.6. The molecule has 0 spiro atoms. The Balaban J connectivity index is 2.66. The van der Waals surface area contributed by atoms with E-state index in [9.17, 15) is 13.2 Å². The van der Waals surface area contributed by atoms with Crippen LogP contribution >= 0.6 is 15.9 Å². The van der Waals surface area contributed by atoms with Crippen molar-refractivity contribution in [2.45, 2.75) is 37.9 Å². The van der Waals surface area contributed by atoms with E-state index >= 15 is 0 Å². The van der Waals surface area contributed by atoms with Crippen LogP contribution in [0.1, 0.15) is 26.3 Å². The monoisotopic (exact) mass is 349 g/mol. The van der Waals surface area contributed by atoms with Crippen molar-refractivity contribution in [2.24, 2.45) is 0 Å². The number of carbonyl (C=O) groups is 1. The predicted octanol–water partition coefficient (Wildman–Crippen LogP) is 2.10. The number of sulfone groups is 1. The molecule has 0 aromatic carbocycles. The SMILES string of the molecule is CC(C)S(=O)(=O)C(C)C(=O)OCc1cncc(Br)c1. The maximum absolute atomic E-state index is 11.8. The molecular formula is C12H16BrNO4S. The molecule has 1 atom stereocenters. The van der Waals surface area contributed by atoms with Gasteiger partial charge in [0.05, 0.1) is 5.25 Å². The van der Waals surface area contributed by atoms with Crippen molar-refractivity contribution in [1.29, 1.82) is 0 Å².